The van der Waals surface area contributed by atoms with Gasteiger partial charge in [-0.05, 0) is 31.2 Å². The number of amides is 1. The monoisotopic (exact) mass is 442 g/mol. The molecule has 3 aromatic heterocycles. The molecule has 1 aromatic carbocycles. The molecule has 0 saturated carbocycles. The predicted octanol–water partition coefficient (Wildman–Crippen LogP) is 3.93. The van der Waals surface area contributed by atoms with Crippen molar-refractivity contribution in [2.24, 2.45) is 0 Å². The third-order valence-corrected chi connectivity index (χ3v) is 6.70. The smallest absolute Gasteiger partial charge is 0.265 e. The molecule has 32 heavy (non-hydrogen) atoms. The van der Waals surface area contributed by atoms with Gasteiger partial charge in [-0.15, -0.1) is 21.5 Å². The van der Waals surface area contributed by atoms with Crippen LogP contribution in [0.4, 0.5) is 5.82 Å². The summed E-state index contributed by atoms with van der Waals surface area (Å²) in [6.07, 6.45) is 3.51. The molecule has 7 nitrogen and oxygen atoms in total. The zero-order chi connectivity index (χ0) is 21.9. The van der Waals surface area contributed by atoms with Crippen LogP contribution in [-0.2, 0) is 0 Å². The number of anilines is 1. The fraction of sp³-hybridized carbons (Fsp3) is 0.208. The molecule has 0 radical (unpaired) electrons. The van der Waals surface area contributed by atoms with E-state index >= 15 is 0 Å². The van der Waals surface area contributed by atoms with Crippen LogP contribution in [0.5, 0.6) is 0 Å². The van der Waals surface area contributed by atoms with E-state index in [1.165, 1.54) is 11.3 Å². The van der Waals surface area contributed by atoms with Crippen molar-refractivity contribution in [2.45, 2.75) is 6.92 Å². The second kappa shape index (κ2) is 8.84. The summed E-state index contributed by atoms with van der Waals surface area (Å²) in [5, 5.41) is 9.63. The second-order valence-electron chi connectivity index (χ2n) is 7.60. The molecule has 160 valence electrons. The first-order valence-corrected chi connectivity index (χ1v) is 11.3. The Bertz CT molecular complexity index is 1200. The topological polar surface area (TPSA) is 75.1 Å². The second-order valence-corrected chi connectivity index (χ2v) is 8.60. The Kier molecular flexibility index (Phi) is 5.60. The summed E-state index contributed by atoms with van der Waals surface area (Å²) < 4.78 is 0. The molecule has 1 aliphatic heterocycles. The van der Waals surface area contributed by atoms with Crippen LogP contribution < -0.4 is 4.90 Å². The molecule has 0 bridgehead atoms. The lowest BCUT2D eigenvalue weighted by Crippen LogP contribution is -2.49. The zero-order valence-electron chi connectivity index (χ0n) is 17.7. The Morgan fingerprint density at radius 2 is 1.69 bits per heavy atom. The number of hydrogen-bond donors (Lipinski definition) is 0. The van der Waals surface area contributed by atoms with Crippen molar-refractivity contribution in [1.29, 1.82) is 0 Å². The molecular formula is C24H22N6OS. The molecule has 0 N–H and O–H groups in total. The number of benzene rings is 1. The lowest BCUT2D eigenvalue weighted by Gasteiger charge is -2.35. The van der Waals surface area contributed by atoms with Crippen LogP contribution in [0.15, 0.2) is 67.0 Å². The molecule has 4 heterocycles. The van der Waals surface area contributed by atoms with Crippen LogP contribution in [-0.4, -0.2) is 57.2 Å². The first kappa shape index (κ1) is 20.3. The number of pyridine rings is 1. The van der Waals surface area contributed by atoms with Crippen molar-refractivity contribution >= 4 is 23.1 Å². The summed E-state index contributed by atoms with van der Waals surface area (Å²) >= 11 is 1.47. The number of rotatable bonds is 4. The van der Waals surface area contributed by atoms with Gasteiger partial charge in [-0.25, -0.2) is 4.98 Å². The Balaban J connectivity index is 1.24. The van der Waals surface area contributed by atoms with Crippen LogP contribution in [0.2, 0.25) is 0 Å². The van der Waals surface area contributed by atoms with Crippen molar-refractivity contribution in [3.05, 3.63) is 77.6 Å². The highest BCUT2D eigenvalue weighted by atomic mass is 32.1. The van der Waals surface area contributed by atoms with Crippen molar-refractivity contribution in [2.75, 3.05) is 31.1 Å². The molecule has 4 aromatic rings. The van der Waals surface area contributed by atoms with Gasteiger partial charge in [0, 0.05) is 49.7 Å². The van der Waals surface area contributed by atoms with E-state index in [1.807, 2.05) is 66.4 Å². The molecule has 1 amide bonds. The number of thiazole rings is 1. The van der Waals surface area contributed by atoms with E-state index in [-0.39, 0.29) is 5.91 Å². The average Bonchev–Trinajstić information content (AvgIpc) is 3.26. The molecule has 0 aliphatic carbocycles. The van der Waals surface area contributed by atoms with Crippen molar-refractivity contribution in [3.63, 3.8) is 0 Å². The van der Waals surface area contributed by atoms with E-state index in [0.717, 1.165) is 51.3 Å². The van der Waals surface area contributed by atoms with Gasteiger partial charge in [0.05, 0.1) is 11.4 Å². The quantitative estimate of drug-likeness (QED) is 0.477. The summed E-state index contributed by atoms with van der Waals surface area (Å²) in [7, 11) is 0. The Hall–Kier alpha value is -3.65. The third kappa shape index (κ3) is 4.09. The number of aryl methyl sites for hydroxylation is 1. The van der Waals surface area contributed by atoms with Gasteiger partial charge in [-0.2, -0.15) is 0 Å². The molecule has 1 aliphatic rings. The van der Waals surface area contributed by atoms with Gasteiger partial charge in [0.25, 0.3) is 5.91 Å². The van der Waals surface area contributed by atoms with Gasteiger partial charge >= 0.3 is 0 Å². The number of hydrogen-bond acceptors (Lipinski definition) is 7. The van der Waals surface area contributed by atoms with Crippen molar-refractivity contribution in [1.82, 2.24) is 25.1 Å². The normalized spacial score (nSPS) is 13.9. The first-order chi connectivity index (χ1) is 15.7. The van der Waals surface area contributed by atoms with Crippen LogP contribution in [0.3, 0.4) is 0 Å². The van der Waals surface area contributed by atoms with Crippen LogP contribution in [0.25, 0.3) is 21.8 Å². The molecule has 1 fully saturated rings. The number of aromatic nitrogens is 4. The zero-order valence-corrected chi connectivity index (χ0v) is 18.5. The van der Waals surface area contributed by atoms with E-state index < -0.39 is 0 Å². The van der Waals surface area contributed by atoms with Gasteiger partial charge in [0.2, 0.25) is 0 Å². The highest BCUT2D eigenvalue weighted by molar-refractivity contribution is 7.17. The maximum Gasteiger partial charge on any atom is 0.265 e. The standard InChI is InChI=1S/C24H22N6OS/c1-17-22(32-23(26-17)18-6-3-2-4-7-18)24(31)30-14-12-29(13-15-30)21-10-9-20(27-28-21)19-8-5-11-25-16-19/h2-11,16H,12-15H2,1H3. The Morgan fingerprint density at radius 1 is 0.906 bits per heavy atom. The molecule has 0 atom stereocenters. The molecule has 0 unspecified atom stereocenters. The van der Waals surface area contributed by atoms with Gasteiger partial charge in [0.1, 0.15) is 9.88 Å². The van der Waals surface area contributed by atoms with E-state index in [0.29, 0.717) is 13.1 Å². The third-order valence-electron chi connectivity index (χ3n) is 5.51. The highest BCUT2D eigenvalue weighted by Crippen LogP contribution is 2.29. The lowest BCUT2D eigenvalue weighted by molar-refractivity contribution is 0.0750. The van der Waals surface area contributed by atoms with E-state index in [4.69, 9.17) is 0 Å². The predicted molar refractivity (Wildman–Crippen MR) is 126 cm³/mol. The molecule has 0 spiro atoms. The fourth-order valence-electron chi connectivity index (χ4n) is 3.74. The number of carbonyl (C=O) groups excluding carboxylic acids is 1. The van der Waals surface area contributed by atoms with Crippen LogP contribution in [0, 0.1) is 6.92 Å². The Morgan fingerprint density at radius 3 is 2.38 bits per heavy atom. The summed E-state index contributed by atoms with van der Waals surface area (Å²) in [5.41, 5.74) is 3.57. The van der Waals surface area contributed by atoms with Gasteiger partial charge in [0.15, 0.2) is 5.82 Å². The molecule has 8 heteroatoms. The molecule has 5 rings (SSSR count). The Labute approximate surface area is 190 Å². The number of piperazine rings is 1. The minimum absolute atomic E-state index is 0.0554. The van der Waals surface area contributed by atoms with E-state index in [2.05, 4.69) is 25.1 Å². The highest BCUT2D eigenvalue weighted by Gasteiger charge is 2.26. The largest absolute Gasteiger partial charge is 0.352 e. The van der Waals surface area contributed by atoms with Gasteiger partial charge in [-0.3, -0.25) is 9.78 Å². The fourth-order valence-corrected chi connectivity index (χ4v) is 4.78. The molecule has 1 saturated heterocycles. The minimum atomic E-state index is 0.0554. The number of nitrogens with zero attached hydrogens (tertiary/aromatic N) is 6. The van der Waals surface area contributed by atoms with Gasteiger partial charge in [-0.1, -0.05) is 30.3 Å². The summed E-state index contributed by atoms with van der Waals surface area (Å²) in [4.78, 5) is 26.7. The SMILES string of the molecule is Cc1nc(-c2ccccc2)sc1C(=O)N1CCN(c2ccc(-c3cccnc3)nn2)CC1. The number of carbonyl (C=O) groups is 1. The summed E-state index contributed by atoms with van der Waals surface area (Å²) in [6, 6.07) is 17.8. The van der Waals surface area contributed by atoms with Crippen LogP contribution in [0.1, 0.15) is 15.4 Å². The minimum Gasteiger partial charge on any atom is -0.352 e. The van der Waals surface area contributed by atoms with Crippen molar-refractivity contribution < 1.29 is 4.79 Å². The van der Waals surface area contributed by atoms with Gasteiger partial charge < -0.3 is 9.80 Å². The molecular weight excluding hydrogens is 420 g/mol. The summed E-state index contributed by atoms with van der Waals surface area (Å²) in [6.45, 7) is 4.63. The average molecular weight is 443 g/mol. The van der Waals surface area contributed by atoms with Crippen molar-refractivity contribution in [3.8, 4) is 21.8 Å². The van der Waals surface area contributed by atoms with Crippen LogP contribution >= 0.6 is 11.3 Å². The first-order valence-electron chi connectivity index (χ1n) is 10.5. The maximum absolute atomic E-state index is 13.2. The van der Waals surface area contributed by atoms with E-state index in [1.54, 1.807) is 12.4 Å². The maximum atomic E-state index is 13.2. The van der Waals surface area contributed by atoms with E-state index in [9.17, 15) is 4.79 Å². The summed E-state index contributed by atoms with van der Waals surface area (Å²) in [5.74, 6) is 0.880. The lowest BCUT2D eigenvalue weighted by atomic mass is 10.2.